The monoisotopic (exact) mass is 265 g/mol. The van der Waals surface area contributed by atoms with E-state index in [4.69, 9.17) is 0 Å². The van der Waals surface area contributed by atoms with Gasteiger partial charge in [0.2, 0.25) is 0 Å². The lowest BCUT2D eigenvalue weighted by molar-refractivity contribution is 0.0477. The zero-order valence-corrected chi connectivity index (χ0v) is 11.3. The third-order valence-electron chi connectivity index (χ3n) is 3.89. The van der Waals surface area contributed by atoms with Gasteiger partial charge in [-0.05, 0) is 50.2 Å². The summed E-state index contributed by atoms with van der Waals surface area (Å²) in [4.78, 5) is 16.5. The third-order valence-corrected chi connectivity index (χ3v) is 5.12. The average molecular weight is 265 g/mol. The third kappa shape index (κ3) is 2.31. The Bertz CT molecular complexity index is 431. The number of aliphatic hydroxyl groups is 1. The highest BCUT2D eigenvalue weighted by molar-refractivity contribution is 7.14. The summed E-state index contributed by atoms with van der Waals surface area (Å²) in [5.74, 6) is 0.119. The van der Waals surface area contributed by atoms with Crippen molar-refractivity contribution in [2.45, 2.75) is 44.6 Å². The van der Waals surface area contributed by atoms with Crippen LogP contribution in [0.4, 0.5) is 0 Å². The van der Waals surface area contributed by atoms with Gasteiger partial charge in [-0.15, -0.1) is 11.3 Å². The number of aliphatic hydroxyl groups excluding tert-OH is 1. The highest BCUT2D eigenvalue weighted by Gasteiger charge is 2.25. The molecule has 1 aromatic rings. The molecule has 1 atom stereocenters. The molecule has 1 fully saturated rings. The van der Waals surface area contributed by atoms with Crippen LogP contribution in [-0.2, 0) is 12.8 Å². The second-order valence-corrected chi connectivity index (χ2v) is 6.45. The number of likely N-dealkylation sites (tertiary alicyclic amines) is 1. The molecule has 0 spiro atoms. The predicted molar refractivity (Wildman–Crippen MR) is 72.1 cm³/mol. The molecule has 1 N–H and O–H groups in total. The molecule has 4 heteroatoms. The first-order valence-corrected chi connectivity index (χ1v) is 7.64. The van der Waals surface area contributed by atoms with E-state index in [1.807, 2.05) is 4.90 Å². The number of piperidine rings is 1. The molecular weight excluding hydrogens is 246 g/mol. The molecule has 0 aromatic carbocycles. The largest absolute Gasteiger partial charge is 0.391 e. The fourth-order valence-corrected chi connectivity index (χ4v) is 4.11. The Morgan fingerprint density at radius 3 is 2.94 bits per heavy atom. The molecule has 3 rings (SSSR count). The zero-order chi connectivity index (χ0) is 12.5. The van der Waals surface area contributed by atoms with Gasteiger partial charge in [-0.25, -0.2) is 0 Å². The highest BCUT2D eigenvalue weighted by Crippen LogP contribution is 2.30. The molecule has 98 valence electrons. The molecule has 1 aliphatic heterocycles. The topological polar surface area (TPSA) is 40.5 Å². The summed E-state index contributed by atoms with van der Waals surface area (Å²) in [6.45, 7) is 1.29. The van der Waals surface area contributed by atoms with Gasteiger partial charge >= 0.3 is 0 Å². The Kier molecular flexibility index (Phi) is 3.39. The molecule has 1 unspecified atom stereocenters. The maximum Gasteiger partial charge on any atom is 0.264 e. The van der Waals surface area contributed by atoms with Crippen molar-refractivity contribution in [3.05, 3.63) is 21.4 Å². The minimum absolute atomic E-state index is 0.119. The molecule has 3 nitrogen and oxygen atoms in total. The minimum atomic E-state index is -0.336. The van der Waals surface area contributed by atoms with E-state index in [0.29, 0.717) is 6.54 Å². The number of nitrogens with zero attached hydrogens (tertiary/aromatic N) is 1. The molecule has 1 saturated heterocycles. The molecule has 1 aromatic heterocycles. The van der Waals surface area contributed by atoms with Crippen molar-refractivity contribution in [2.24, 2.45) is 0 Å². The Balaban J connectivity index is 1.77. The summed E-state index contributed by atoms with van der Waals surface area (Å²) < 4.78 is 0. The Hall–Kier alpha value is -0.870. The smallest absolute Gasteiger partial charge is 0.264 e. The van der Waals surface area contributed by atoms with Gasteiger partial charge in [-0.1, -0.05) is 0 Å². The number of amides is 1. The molecule has 18 heavy (non-hydrogen) atoms. The predicted octanol–water partition coefficient (Wildman–Crippen LogP) is 2.22. The zero-order valence-electron chi connectivity index (χ0n) is 10.5. The first-order valence-electron chi connectivity index (χ1n) is 6.83. The molecule has 2 heterocycles. The van der Waals surface area contributed by atoms with Gasteiger partial charge in [0, 0.05) is 18.0 Å². The first kappa shape index (κ1) is 12.2. The van der Waals surface area contributed by atoms with Crippen LogP contribution in [0.15, 0.2) is 6.07 Å². The van der Waals surface area contributed by atoms with Gasteiger partial charge < -0.3 is 10.0 Å². The van der Waals surface area contributed by atoms with Gasteiger partial charge in [0.1, 0.15) is 0 Å². The summed E-state index contributed by atoms with van der Waals surface area (Å²) in [6, 6.07) is 2.09. The molecular formula is C14H19NO2S. The number of β-amino-alcohol motifs (C(OH)–C–C–N with tert-alkyl or cyclic N) is 1. The van der Waals surface area contributed by atoms with Gasteiger partial charge in [0.05, 0.1) is 11.0 Å². The van der Waals surface area contributed by atoms with Crippen LogP contribution in [0.25, 0.3) is 0 Å². The normalized spacial score (nSPS) is 23.8. The van der Waals surface area contributed by atoms with Crippen molar-refractivity contribution in [1.82, 2.24) is 4.90 Å². The lowest BCUT2D eigenvalue weighted by Crippen LogP contribution is -2.41. The number of carbonyl (C=O) groups is 1. The Labute approximate surface area is 111 Å². The summed E-state index contributed by atoms with van der Waals surface area (Å²) >= 11 is 1.67. The van der Waals surface area contributed by atoms with Gasteiger partial charge in [-0.3, -0.25) is 4.79 Å². The fourth-order valence-electron chi connectivity index (χ4n) is 2.89. The number of thiophene rings is 1. The number of fused-ring (bicyclic) bond motifs is 1. The van der Waals surface area contributed by atoms with Crippen molar-refractivity contribution in [1.29, 1.82) is 0 Å². The average Bonchev–Trinajstić information content (AvgIpc) is 2.81. The van der Waals surface area contributed by atoms with E-state index in [1.165, 1.54) is 23.3 Å². The van der Waals surface area contributed by atoms with E-state index in [1.54, 1.807) is 11.3 Å². The summed E-state index contributed by atoms with van der Waals surface area (Å²) in [5.41, 5.74) is 1.38. The van der Waals surface area contributed by atoms with Crippen LogP contribution in [-0.4, -0.2) is 35.1 Å². The maximum absolute atomic E-state index is 12.4. The summed E-state index contributed by atoms with van der Waals surface area (Å²) in [5, 5.41) is 9.65. The lowest BCUT2D eigenvalue weighted by Gasteiger charge is -2.29. The summed E-state index contributed by atoms with van der Waals surface area (Å²) in [7, 11) is 0. The molecule has 0 radical (unpaired) electrons. The van der Waals surface area contributed by atoms with E-state index in [-0.39, 0.29) is 12.0 Å². The highest BCUT2D eigenvalue weighted by atomic mass is 32.1. The molecule has 1 amide bonds. The molecule has 0 bridgehead atoms. The fraction of sp³-hybridized carbons (Fsp3) is 0.643. The quantitative estimate of drug-likeness (QED) is 0.846. The second kappa shape index (κ2) is 5.02. The van der Waals surface area contributed by atoms with Crippen LogP contribution in [0.5, 0.6) is 0 Å². The molecule has 2 aliphatic rings. The summed E-state index contributed by atoms with van der Waals surface area (Å²) in [6.07, 6.45) is 6.17. The number of hydrogen-bond donors (Lipinski definition) is 1. The van der Waals surface area contributed by atoms with Gasteiger partial charge in [0.25, 0.3) is 5.91 Å². The number of rotatable bonds is 1. The van der Waals surface area contributed by atoms with Crippen LogP contribution in [0, 0.1) is 0 Å². The number of aryl methyl sites for hydroxylation is 2. The van der Waals surface area contributed by atoms with Crippen LogP contribution >= 0.6 is 11.3 Å². The van der Waals surface area contributed by atoms with Crippen molar-refractivity contribution in [3.8, 4) is 0 Å². The standard InChI is InChI=1S/C14H19NO2S/c16-11-5-3-7-15(9-11)14(17)13-8-10-4-1-2-6-12(10)18-13/h8,11,16H,1-7,9H2. The molecule has 0 saturated carbocycles. The van der Waals surface area contributed by atoms with E-state index in [0.717, 1.165) is 37.1 Å². The van der Waals surface area contributed by atoms with Crippen molar-refractivity contribution >= 4 is 17.2 Å². The van der Waals surface area contributed by atoms with Crippen molar-refractivity contribution < 1.29 is 9.90 Å². The van der Waals surface area contributed by atoms with E-state index < -0.39 is 0 Å². The maximum atomic E-state index is 12.4. The lowest BCUT2D eigenvalue weighted by atomic mass is 9.99. The van der Waals surface area contributed by atoms with Crippen molar-refractivity contribution in [3.63, 3.8) is 0 Å². The van der Waals surface area contributed by atoms with Crippen LogP contribution in [0.1, 0.15) is 45.8 Å². The van der Waals surface area contributed by atoms with E-state index >= 15 is 0 Å². The van der Waals surface area contributed by atoms with E-state index in [2.05, 4.69) is 6.07 Å². The molecule has 1 aliphatic carbocycles. The van der Waals surface area contributed by atoms with Gasteiger partial charge in [0.15, 0.2) is 0 Å². The van der Waals surface area contributed by atoms with Crippen LogP contribution in [0.2, 0.25) is 0 Å². The SMILES string of the molecule is O=C(c1cc2c(s1)CCCC2)N1CCCC(O)C1. The second-order valence-electron chi connectivity index (χ2n) is 5.31. The first-order chi connectivity index (χ1) is 8.74. The minimum Gasteiger partial charge on any atom is -0.391 e. The van der Waals surface area contributed by atoms with Crippen molar-refractivity contribution in [2.75, 3.05) is 13.1 Å². The Morgan fingerprint density at radius 2 is 2.17 bits per heavy atom. The number of hydrogen-bond acceptors (Lipinski definition) is 3. The number of carbonyl (C=O) groups excluding carboxylic acids is 1. The Morgan fingerprint density at radius 1 is 1.33 bits per heavy atom. The van der Waals surface area contributed by atoms with Gasteiger partial charge in [-0.2, -0.15) is 0 Å². The van der Waals surface area contributed by atoms with Crippen LogP contribution in [0.3, 0.4) is 0 Å². The van der Waals surface area contributed by atoms with Crippen LogP contribution < -0.4 is 0 Å². The van der Waals surface area contributed by atoms with E-state index in [9.17, 15) is 9.90 Å².